The van der Waals surface area contributed by atoms with Crippen LogP contribution in [0.3, 0.4) is 0 Å². The fourth-order valence-electron chi connectivity index (χ4n) is 10.3. The molecule has 0 amide bonds. The molecule has 3 aromatic heterocycles. The number of nitrogens with one attached hydrogen (secondary N) is 1. The van der Waals surface area contributed by atoms with Crippen molar-refractivity contribution in [2.24, 2.45) is 5.92 Å². The molecule has 1 N–H and O–H groups in total. The van der Waals surface area contributed by atoms with Crippen LogP contribution in [0, 0.1) is 26.7 Å². The summed E-state index contributed by atoms with van der Waals surface area (Å²) >= 11 is 3.82. The first kappa shape index (κ1) is 40.0. The van der Waals surface area contributed by atoms with Crippen LogP contribution in [0.4, 0.5) is 0 Å². The van der Waals surface area contributed by atoms with Gasteiger partial charge in [-0.2, -0.15) is 0 Å². The minimum absolute atomic E-state index is 0.553. The second kappa shape index (κ2) is 15.7. The van der Waals surface area contributed by atoms with Crippen molar-refractivity contribution in [2.75, 3.05) is 0 Å². The van der Waals surface area contributed by atoms with Gasteiger partial charge in [0, 0.05) is 73.3 Å². The van der Waals surface area contributed by atoms with Crippen molar-refractivity contribution >= 4 is 90.4 Å². The summed E-state index contributed by atoms with van der Waals surface area (Å²) in [6.07, 6.45) is 8.18. The molecule has 1 unspecified atom stereocenters. The Morgan fingerprint density at radius 3 is 1.27 bits per heavy atom. The first-order valence-corrected chi connectivity index (χ1v) is 25.1. The normalized spacial score (nSPS) is 14.1. The van der Waals surface area contributed by atoms with Gasteiger partial charge in [-0.1, -0.05) is 139 Å². The van der Waals surface area contributed by atoms with Crippen molar-refractivity contribution in [1.82, 2.24) is 4.98 Å². The van der Waals surface area contributed by atoms with E-state index in [9.17, 15) is 0 Å². The molecular formula is C64H47NS2. The van der Waals surface area contributed by atoms with Crippen LogP contribution < -0.4 is 0 Å². The molecule has 1 aliphatic rings. The molecule has 0 spiro atoms. The average Bonchev–Trinajstić information content (AvgIpc) is 4.04. The molecular weight excluding hydrogens is 847 g/mol. The summed E-state index contributed by atoms with van der Waals surface area (Å²) in [7, 11) is 0. The highest BCUT2D eigenvalue weighted by Crippen LogP contribution is 2.47. The van der Waals surface area contributed by atoms with E-state index in [0.29, 0.717) is 5.92 Å². The molecule has 0 radical (unpaired) electrons. The Hall–Kier alpha value is -7.30. The summed E-state index contributed by atoms with van der Waals surface area (Å²) < 4.78 is 5.28. The van der Waals surface area contributed by atoms with Crippen LogP contribution in [0.1, 0.15) is 35.6 Å². The number of hydrogen-bond acceptors (Lipinski definition) is 2. The number of hydrogen-bond donors (Lipinski definition) is 1. The van der Waals surface area contributed by atoms with E-state index in [2.05, 4.69) is 221 Å². The Bertz CT molecular complexity index is 4020. The van der Waals surface area contributed by atoms with Crippen LogP contribution in [0.5, 0.6) is 0 Å². The molecule has 1 aliphatic carbocycles. The van der Waals surface area contributed by atoms with Crippen LogP contribution in [0.25, 0.3) is 123 Å². The van der Waals surface area contributed by atoms with Gasteiger partial charge in [0.05, 0.1) is 0 Å². The lowest BCUT2D eigenvalue weighted by Gasteiger charge is -2.14. The summed E-state index contributed by atoms with van der Waals surface area (Å²) in [5.41, 5.74) is 21.2. The molecule has 0 aliphatic heterocycles. The van der Waals surface area contributed by atoms with E-state index in [0.717, 1.165) is 17.5 Å². The number of aromatic nitrogens is 1. The summed E-state index contributed by atoms with van der Waals surface area (Å²) in [4.78, 5) is 3.80. The minimum atomic E-state index is 0.553. The van der Waals surface area contributed by atoms with Gasteiger partial charge in [0.1, 0.15) is 0 Å². The van der Waals surface area contributed by atoms with Crippen LogP contribution in [-0.4, -0.2) is 4.98 Å². The van der Waals surface area contributed by atoms with Crippen LogP contribution in [-0.2, 0) is 0 Å². The van der Waals surface area contributed by atoms with Gasteiger partial charge in [-0.15, -0.1) is 22.7 Å². The van der Waals surface area contributed by atoms with E-state index in [1.165, 1.54) is 135 Å². The smallest absolute Gasteiger partial charge is 0.0465 e. The van der Waals surface area contributed by atoms with Crippen LogP contribution >= 0.6 is 22.7 Å². The summed E-state index contributed by atoms with van der Waals surface area (Å²) in [5, 5.41) is 7.73. The van der Waals surface area contributed by atoms with Crippen molar-refractivity contribution in [1.29, 1.82) is 0 Å². The second-order valence-electron chi connectivity index (χ2n) is 18.9. The van der Waals surface area contributed by atoms with Gasteiger partial charge in [-0.05, 0) is 162 Å². The summed E-state index contributed by atoms with van der Waals surface area (Å²) in [6, 6.07) is 64.7. The molecule has 0 saturated heterocycles. The second-order valence-corrected chi connectivity index (χ2v) is 21.0. The first-order valence-electron chi connectivity index (χ1n) is 23.4. The zero-order chi connectivity index (χ0) is 44.9. The van der Waals surface area contributed by atoms with E-state index in [-0.39, 0.29) is 0 Å². The highest BCUT2D eigenvalue weighted by molar-refractivity contribution is 7.26. The molecule has 0 fully saturated rings. The summed E-state index contributed by atoms with van der Waals surface area (Å²) in [6.45, 7) is 8.77. The fraction of sp³-hybridized carbons (Fsp3) is 0.0938. The van der Waals surface area contributed by atoms with E-state index >= 15 is 0 Å². The molecule has 67 heavy (non-hydrogen) atoms. The molecule has 3 heteroatoms. The first-order chi connectivity index (χ1) is 32.8. The van der Waals surface area contributed by atoms with Gasteiger partial charge in [-0.3, -0.25) is 0 Å². The van der Waals surface area contributed by atoms with E-state index < -0.39 is 0 Å². The van der Waals surface area contributed by atoms with Gasteiger partial charge in [-0.25, -0.2) is 0 Å². The third-order valence-electron chi connectivity index (χ3n) is 14.2. The average molecular weight is 894 g/mol. The number of aryl methyl sites for hydroxylation is 3. The molecule has 0 bridgehead atoms. The number of thiophene rings is 2. The Kier molecular flexibility index (Phi) is 9.35. The number of fused-ring (bicyclic) bond motifs is 9. The fourth-order valence-corrected chi connectivity index (χ4v) is 12.7. The highest BCUT2D eigenvalue weighted by atomic mass is 32.1. The van der Waals surface area contributed by atoms with Crippen molar-refractivity contribution in [3.05, 3.63) is 210 Å². The van der Waals surface area contributed by atoms with Gasteiger partial charge in [0.15, 0.2) is 0 Å². The summed E-state index contributed by atoms with van der Waals surface area (Å²) in [5.74, 6) is 0.553. The van der Waals surface area contributed by atoms with Crippen molar-refractivity contribution in [3.8, 4) is 55.6 Å². The molecule has 1 atom stereocenters. The lowest BCUT2D eigenvalue weighted by atomic mass is 9.90. The van der Waals surface area contributed by atoms with E-state index in [1.807, 2.05) is 22.7 Å². The third kappa shape index (κ3) is 6.96. The van der Waals surface area contributed by atoms with E-state index in [1.54, 1.807) is 0 Å². The third-order valence-corrected chi connectivity index (χ3v) is 16.6. The number of benzene rings is 9. The van der Waals surface area contributed by atoms with Gasteiger partial charge < -0.3 is 4.98 Å². The van der Waals surface area contributed by atoms with Gasteiger partial charge in [0.25, 0.3) is 0 Å². The number of aromatic amines is 1. The Morgan fingerprint density at radius 2 is 0.791 bits per heavy atom. The van der Waals surface area contributed by atoms with Crippen molar-refractivity contribution in [3.63, 3.8) is 0 Å². The van der Waals surface area contributed by atoms with E-state index in [4.69, 9.17) is 0 Å². The number of H-pyrrole nitrogens is 1. The zero-order valence-corrected chi connectivity index (χ0v) is 39.6. The standard InChI is InChI=1S/C64H47NS2/c1-37-5-13-41(14-6-37)45-23-27-61-55(29-45)57-35-49(43-17-9-39(3)10-18-43)33-51(63(57)66-61)47-21-25-59-53(31-47)54-32-48(22-26-60(54)65-59)52-34-50(44-19-11-40(4)12-20-44)36-58-56-30-46(24-28-62(56)67-64(52)58)42-15-7-38(2)8-16-42/h5-11,13-36,40,65H,12H2,1-4H3. The maximum absolute atomic E-state index is 3.80. The maximum atomic E-state index is 3.80. The molecule has 320 valence electrons. The lowest BCUT2D eigenvalue weighted by molar-refractivity contribution is 0.739. The SMILES string of the molecule is Cc1ccc(-c2ccc3sc4c(-c5ccc6[nH]c7ccc(-c8cc(-c9ccc(C)cc9)cc9c8sc8ccc(-c%10ccc(C)cc%10)cc89)cc7c6c5)cc(C5=CCC(C)C=C5)cc4c3c2)cc1. The monoisotopic (exact) mass is 893 g/mol. The predicted octanol–water partition coefficient (Wildman–Crippen LogP) is 19.3. The molecule has 13 rings (SSSR count). The Labute approximate surface area is 399 Å². The predicted molar refractivity (Wildman–Crippen MR) is 294 cm³/mol. The highest BCUT2D eigenvalue weighted by Gasteiger charge is 2.19. The molecule has 1 nitrogen and oxygen atoms in total. The molecule has 0 saturated carbocycles. The Balaban J connectivity index is 0.991. The zero-order valence-electron chi connectivity index (χ0n) is 38.0. The Morgan fingerprint density at radius 1 is 0.388 bits per heavy atom. The molecule has 3 heterocycles. The topological polar surface area (TPSA) is 15.8 Å². The van der Waals surface area contributed by atoms with Gasteiger partial charge >= 0.3 is 0 Å². The quantitative estimate of drug-likeness (QED) is 0.171. The number of allylic oxidation sites excluding steroid dienone is 4. The molecule has 9 aromatic carbocycles. The lowest BCUT2D eigenvalue weighted by Crippen LogP contribution is -1.94. The van der Waals surface area contributed by atoms with Crippen molar-refractivity contribution < 1.29 is 0 Å². The number of rotatable bonds is 6. The van der Waals surface area contributed by atoms with Crippen LogP contribution in [0.15, 0.2) is 188 Å². The van der Waals surface area contributed by atoms with Crippen molar-refractivity contribution in [2.45, 2.75) is 34.1 Å². The van der Waals surface area contributed by atoms with Gasteiger partial charge in [0.2, 0.25) is 0 Å². The van der Waals surface area contributed by atoms with Crippen LogP contribution in [0.2, 0.25) is 0 Å². The largest absolute Gasteiger partial charge is 0.355 e. The minimum Gasteiger partial charge on any atom is -0.355 e. The maximum Gasteiger partial charge on any atom is 0.0465 e. The molecule has 12 aromatic rings.